The standard InChI is InChI=1S/C30H33F3N2O6/c1-2-40-28(29(36)37)17-21-5-11-26(12-6-21)41-16-14-35(13-15-39-20-22-3-8-24(31)9-4-22)30(38)34-19-23-7-10-25(32)18-27(23)33/h3-12,18,28H,2,13-17,19-20H2,1H3,(H,34,38)(H,36,37). The molecule has 0 aromatic heterocycles. The van der Waals surface area contributed by atoms with E-state index in [2.05, 4.69) is 5.32 Å². The highest BCUT2D eigenvalue weighted by molar-refractivity contribution is 5.74. The molecule has 0 heterocycles. The van der Waals surface area contributed by atoms with Gasteiger partial charge >= 0.3 is 12.0 Å². The first-order chi connectivity index (χ1) is 19.7. The van der Waals surface area contributed by atoms with Crippen molar-refractivity contribution < 1.29 is 42.1 Å². The predicted molar refractivity (Wildman–Crippen MR) is 145 cm³/mol. The fourth-order valence-corrected chi connectivity index (χ4v) is 3.84. The molecule has 0 spiro atoms. The van der Waals surface area contributed by atoms with E-state index in [0.29, 0.717) is 12.4 Å². The van der Waals surface area contributed by atoms with Crippen LogP contribution < -0.4 is 10.1 Å². The number of aliphatic carboxylic acids is 1. The summed E-state index contributed by atoms with van der Waals surface area (Å²) in [5, 5.41) is 11.9. The predicted octanol–water partition coefficient (Wildman–Crippen LogP) is 4.94. The molecule has 2 amide bonds. The molecule has 41 heavy (non-hydrogen) atoms. The summed E-state index contributed by atoms with van der Waals surface area (Å²) in [6, 6.07) is 15.4. The molecule has 0 aliphatic rings. The van der Waals surface area contributed by atoms with Gasteiger partial charge in [-0.2, -0.15) is 0 Å². The van der Waals surface area contributed by atoms with Gasteiger partial charge in [0.05, 0.1) is 19.8 Å². The molecule has 8 nitrogen and oxygen atoms in total. The number of urea groups is 1. The zero-order valence-corrected chi connectivity index (χ0v) is 22.7. The molecule has 0 saturated carbocycles. The van der Waals surface area contributed by atoms with Crippen LogP contribution in [0.2, 0.25) is 0 Å². The molecule has 3 aromatic rings. The Hall–Kier alpha value is -4.09. The van der Waals surface area contributed by atoms with Crippen molar-refractivity contribution in [3.8, 4) is 5.75 Å². The summed E-state index contributed by atoms with van der Waals surface area (Å²) in [6.45, 7) is 2.78. The largest absolute Gasteiger partial charge is 0.492 e. The van der Waals surface area contributed by atoms with Gasteiger partial charge in [0.2, 0.25) is 0 Å². The lowest BCUT2D eigenvalue weighted by molar-refractivity contribution is -0.149. The van der Waals surface area contributed by atoms with Crippen molar-refractivity contribution in [2.45, 2.75) is 32.6 Å². The Morgan fingerprint density at radius 1 is 0.902 bits per heavy atom. The van der Waals surface area contributed by atoms with E-state index in [1.54, 1.807) is 43.3 Å². The monoisotopic (exact) mass is 574 g/mol. The summed E-state index contributed by atoms with van der Waals surface area (Å²) in [7, 11) is 0. The summed E-state index contributed by atoms with van der Waals surface area (Å²) < 4.78 is 57.0. The molecular weight excluding hydrogens is 541 g/mol. The lowest BCUT2D eigenvalue weighted by atomic mass is 10.1. The van der Waals surface area contributed by atoms with Crippen molar-refractivity contribution in [1.82, 2.24) is 10.2 Å². The summed E-state index contributed by atoms with van der Waals surface area (Å²) in [5.74, 6) is -2.33. The summed E-state index contributed by atoms with van der Waals surface area (Å²) in [6.07, 6.45) is -0.725. The normalized spacial score (nSPS) is 11.6. The maximum Gasteiger partial charge on any atom is 0.333 e. The quantitative estimate of drug-likeness (QED) is 0.235. The van der Waals surface area contributed by atoms with E-state index in [1.807, 2.05) is 0 Å². The Labute approximate surface area is 236 Å². The molecule has 1 atom stereocenters. The van der Waals surface area contributed by atoms with E-state index in [0.717, 1.165) is 23.3 Å². The van der Waals surface area contributed by atoms with Crippen LogP contribution in [0.5, 0.6) is 5.75 Å². The molecule has 1 unspecified atom stereocenters. The van der Waals surface area contributed by atoms with Crippen LogP contribution in [0.3, 0.4) is 0 Å². The van der Waals surface area contributed by atoms with Crippen molar-refractivity contribution in [1.29, 1.82) is 0 Å². The van der Waals surface area contributed by atoms with Gasteiger partial charge in [0.25, 0.3) is 0 Å². The number of carboxylic acid groups (broad SMARTS) is 1. The second-order valence-corrected chi connectivity index (χ2v) is 9.04. The lowest BCUT2D eigenvalue weighted by Crippen LogP contribution is -2.43. The number of nitrogens with zero attached hydrogens (tertiary/aromatic N) is 1. The molecule has 0 bridgehead atoms. The minimum atomic E-state index is -1.03. The minimum Gasteiger partial charge on any atom is -0.492 e. The van der Waals surface area contributed by atoms with Crippen molar-refractivity contribution in [3.63, 3.8) is 0 Å². The van der Waals surface area contributed by atoms with Crippen LogP contribution in [0.4, 0.5) is 18.0 Å². The number of halogens is 3. The number of carboxylic acids is 1. The van der Waals surface area contributed by atoms with Gasteiger partial charge in [-0.05, 0) is 48.4 Å². The number of carbonyl (C=O) groups excluding carboxylic acids is 1. The first-order valence-corrected chi connectivity index (χ1v) is 13.1. The number of hydrogen-bond acceptors (Lipinski definition) is 5. The van der Waals surface area contributed by atoms with Crippen LogP contribution in [-0.2, 0) is 33.8 Å². The van der Waals surface area contributed by atoms with Crippen molar-refractivity contribution in [2.24, 2.45) is 0 Å². The highest BCUT2D eigenvalue weighted by Crippen LogP contribution is 2.15. The molecule has 220 valence electrons. The fraction of sp³-hybridized carbons (Fsp3) is 0.333. The van der Waals surface area contributed by atoms with E-state index in [-0.39, 0.29) is 57.3 Å². The molecule has 0 saturated heterocycles. The van der Waals surface area contributed by atoms with Gasteiger partial charge in [0, 0.05) is 37.7 Å². The van der Waals surface area contributed by atoms with Gasteiger partial charge < -0.3 is 29.5 Å². The number of nitrogens with one attached hydrogen (secondary N) is 1. The fourth-order valence-electron chi connectivity index (χ4n) is 3.84. The van der Waals surface area contributed by atoms with Gasteiger partial charge in [0.1, 0.15) is 29.8 Å². The first kappa shape index (κ1) is 31.4. The average molecular weight is 575 g/mol. The third-order valence-corrected chi connectivity index (χ3v) is 6.04. The van der Waals surface area contributed by atoms with Crippen LogP contribution in [0, 0.1) is 17.5 Å². The molecule has 3 aromatic carbocycles. The van der Waals surface area contributed by atoms with Gasteiger partial charge in [-0.25, -0.2) is 22.8 Å². The number of hydrogen-bond donors (Lipinski definition) is 2. The zero-order chi connectivity index (χ0) is 29.6. The number of ether oxygens (including phenoxy) is 3. The van der Waals surface area contributed by atoms with E-state index in [4.69, 9.17) is 14.2 Å². The maximum absolute atomic E-state index is 14.0. The van der Waals surface area contributed by atoms with Crippen LogP contribution in [-0.4, -0.2) is 61.0 Å². The van der Waals surface area contributed by atoms with Gasteiger partial charge in [-0.15, -0.1) is 0 Å². The Morgan fingerprint density at radius 2 is 1.56 bits per heavy atom. The molecule has 2 N–H and O–H groups in total. The van der Waals surface area contributed by atoms with Gasteiger partial charge in [-0.3, -0.25) is 0 Å². The topological polar surface area (TPSA) is 97.3 Å². The van der Waals surface area contributed by atoms with E-state index in [9.17, 15) is 27.9 Å². The summed E-state index contributed by atoms with van der Waals surface area (Å²) in [5.41, 5.74) is 1.68. The molecule has 0 fully saturated rings. The smallest absolute Gasteiger partial charge is 0.333 e. The molecule has 0 radical (unpaired) electrons. The number of carbonyl (C=O) groups is 2. The Bertz CT molecular complexity index is 1260. The van der Waals surface area contributed by atoms with E-state index >= 15 is 0 Å². The van der Waals surface area contributed by atoms with Crippen LogP contribution in [0.25, 0.3) is 0 Å². The van der Waals surface area contributed by atoms with Crippen molar-refractivity contribution in [2.75, 3.05) is 32.9 Å². The maximum atomic E-state index is 14.0. The summed E-state index contributed by atoms with van der Waals surface area (Å²) in [4.78, 5) is 25.7. The van der Waals surface area contributed by atoms with Crippen LogP contribution in [0.15, 0.2) is 66.7 Å². The molecule has 0 aliphatic heterocycles. The van der Waals surface area contributed by atoms with Crippen molar-refractivity contribution in [3.05, 3.63) is 101 Å². The SMILES string of the molecule is CCOC(Cc1ccc(OCCN(CCOCc2ccc(F)cc2)C(=O)NCc2ccc(F)cc2F)cc1)C(=O)O. The Balaban J connectivity index is 1.54. The number of rotatable bonds is 16. The second-order valence-electron chi connectivity index (χ2n) is 9.04. The van der Waals surface area contributed by atoms with Gasteiger partial charge in [-0.1, -0.05) is 30.3 Å². The Kier molecular flexibility index (Phi) is 12.5. The minimum absolute atomic E-state index is 0.131. The van der Waals surface area contributed by atoms with Crippen LogP contribution >= 0.6 is 0 Å². The molecule has 0 aliphatic carbocycles. The van der Waals surface area contributed by atoms with E-state index in [1.165, 1.54) is 23.1 Å². The highest BCUT2D eigenvalue weighted by atomic mass is 19.1. The molecule has 3 rings (SSSR count). The third kappa shape index (κ3) is 10.8. The first-order valence-electron chi connectivity index (χ1n) is 13.1. The molecule has 11 heteroatoms. The molecular formula is C30H33F3N2O6. The van der Waals surface area contributed by atoms with E-state index < -0.39 is 29.7 Å². The van der Waals surface area contributed by atoms with Crippen LogP contribution in [0.1, 0.15) is 23.6 Å². The van der Waals surface area contributed by atoms with Crippen molar-refractivity contribution >= 4 is 12.0 Å². The zero-order valence-electron chi connectivity index (χ0n) is 22.7. The highest BCUT2D eigenvalue weighted by Gasteiger charge is 2.18. The average Bonchev–Trinajstić information content (AvgIpc) is 2.95. The van der Waals surface area contributed by atoms with Gasteiger partial charge in [0.15, 0.2) is 6.10 Å². The third-order valence-electron chi connectivity index (χ3n) is 6.04. The lowest BCUT2D eigenvalue weighted by Gasteiger charge is -2.23. The number of benzene rings is 3. The summed E-state index contributed by atoms with van der Waals surface area (Å²) >= 11 is 0. The Morgan fingerprint density at radius 3 is 2.22 bits per heavy atom. The second kappa shape index (κ2) is 16.2. The number of amides is 2.